The van der Waals surface area contributed by atoms with Gasteiger partial charge in [0.15, 0.2) is 5.13 Å². The average Bonchev–Trinajstić information content (AvgIpc) is 3.23. The molecule has 2 amide bonds. The Balaban J connectivity index is 1.24. The van der Waals surface area contributed by atoms with Crippen molar-refractivity contribution < 1.29 is 9.59 Å². The molecule has 7 nitrogen and oxygen atoms in total. The maximum atomic E-state index is 12.8. The number of thiazole rings is 1. The van der Waals surface area contributed by atoms with E-state index in [1.165, 1.54) is 42.7 Å². The largest absolute Gasteiger partial charge is 0.355 e. The van der Waals surface area contributed by atoms with Gasteiger partial charge in [0.2, 0.25) is 11.8 Å². The van der Waals surface area contributed by atoms with Crippen LogP contribution in [0.3, 0.4) is 0 Å². The molecule has 3 aliphatic rings. The molecule has 0 unspecified atom stereocenters. The molecule has 0 aromatic carbocycles. The third-order valence-electron chi connectivity index (χ3n) is 7.26. The third kappa shape index (κ3) is 5.58. The number of nitrogens with one attached hydrogen (secondary N) is 1. The number of hydrogen-bond acceptors (Lipinski definition) is 6. The molecule has 1 saturated carbocycles. The Labute approximate surface area is 190 Å². The fraction of sp³-hybridized carbons (Fsp3) is 0.783. The zero-order valence-electron chi connectivity index (χ0n) is 19.1. The van der Waals surface area contributed by atoms with Crippen molar-refractivity contribution >= 4 is 28.3 Å². The summed E-state index contributed by atoms with van der Waals surface area (Å²) in [6.45, 7) is 6.51. The summed E-state index contributed by atoms with van der Waals surface area (Å²) in [5.74, 6) is 0.417. The quantitative estimate of drug-likeness (QED) is 0.725. The van der Waals surface area contributed by atoms with Crippen molar-refractivity contribution in [2.24, 2.45) is 5.92 Å². The zero-order chi connectivity index (χ0) is 21.8. The van der Waals surface area contributed by atoms with Gasteiger partial charge in [-0.25, -0.2) is 4.98 Å². The van der Waals surface area contributed by atoms with Crippen LogP contribution in [0.2, 0.25) is 0 Å². The Kier molecular flexibility index (Phi) is 7.48. The van der Waals surface area contributed by atoms with Crippen LogP contribution in [0.25, 0.3) is 0 Å². The summed E-state index contributed by atoms with van der Waals surface area (Å²) >= 11 is 1.74. The Morgan fingerprint density at radius 1 is 1.13 bits per heavy atom. The Hall–Kier alpha value is -1.67. The first-order valence-corrected chi connectivity index (χ1v) is 12.8. The van der Waals surface area contributed by atoms with Crippen molar-refractivity contribution in [1.82, 2.24) is 20.1 Å². The molecule has 4 rings (SSSR count). The molecule has 8 heteroatoms. The minimum Gasteiger partial charge on any atom is -0.355 e. The van der Waals surface area contributed by atoms with Crippen molar-refractivity contribution in [1.29, 1.82) is 0 Å². The van der Waals surface area contributed by atoms with Gasteiger partial charge in [-0.2, -0.15) is 0 Å². The van der Waals surface area contributed by atoms with Crippen LogP contribution < -0.4 is 10.2 Å². The molecular formula is C23H37N5O2S. The second-order valence-electron chi connectivity index (χ2n) is 9.36. The number of fused-ring (bicyclic) bond motifs is 1. The molecule has 0 spiro atoms. The number of nitrogens with zero attached hydrogens (tertiary/aromatic N) is 4. The van der Waals surface area contributed by atoms with E-state index in [0.29, 0.717) is 6.04 Å². The van der Waals surface area contributed by atoms with Gasteiger partial charge in [0, 0.05) is 63.0 Å². The molecule has 1 saturated heterocycles. The normalized spacial score (nSPS) is 22.5. The van der Waals surface area contributed by atoms with Crippen LogP contribution in [-0.2, 0) is 22.4 Å². The average molecular weight is 448 g/mol. The van der Waals surface area contributed by atoms with Gasteiger partial charge in [0.05, 0.1) is 5.69 Å². The van der Waals surface area contributed by atoms with Crippen molar-refractivity contribution in [3.63, 3.8) is 0 Å². The van der Waals surface area contributed by atoms with Crippen molar-refractivity contribution in [2.45, 2.75) is 64.3 Å². The van der Waals surface area contributed by atoms with Crippen molar-refractivity contribution in [3.8, 4) is 0 Å². The smallest absolute Gasteiger partial charge is 0.223 e. The minimum atomic E-state index is 0.0651. The number of carbonyl (C=O) groups excluding carboxylic acids is 2. The number of aryl methyl sites for hydroxylation is 1. The van der Waals surface area contributed by atoms with Crippen LogP contribution >= 0.6 is 11.3 Å². The molecular weight excluding hydrogens is 410 g/mol. The van der Waals surface area contributed by atoms with Gasteiger partial charge in [0.1, 0.15) is 0 Å². The predicted octanol–water partition coefficient (Wildman–Crippen LogP) is 2.30. The van der Waals surface area contributed by atoms with E-state index < -0.39 is 0 Å². The second kappa shape index (κ2) is 10.3. The van der Waals surface area contributed by atoms with Crippen molar-refractivity contribution in [2.75, 3.05) is 51.2 Å². The number of piperazine rings is 1. The molecule has 172 valence electrons. The van der Waals surface area contributed by atoms with Crippen LogP contribution in [-0.4, -0.2) is 79.0 Å². The summed E-state index contributed by atoms with van der Waals surface area (Å²) in [7, 11) is 2.20. The van der Waals surface area contributed by atoms with Crippen molar-refractivity contribution in [3.05, 3.63) is 10.6 Å². The van der Waals surface area contributed by atoms with Crippen LogP contribution in [0, 0.1) is 5.92 Å². The van der Waals surface area contributed by atoms with Gasteiger partial charge in [-0.3, -0.25) is 9.59 Å². The summed E-state index contributed by atoms with van der Waals surface area (Å²) in [5, 5.41) is 4.25. The molecule has 1 aliphatic heterocycles. The summed E-state index contributed by atoms with van der Waals surface area (Å²) in [5.41, 5.74) is 1.18. The number of hydrogen-bond donors (Lipinski definition) is 1. The molecule has 0 bridgehead atoms. The molecule has 2 aliphatic carbocycles. The van der Waals surface area contributed by atoms with E-state index in [-0.39, 0.29) is 17.7 Å². The lowest BCUT2D eigenvalue weighted by Gasteiger charge is -2.33. The summed E-state index contributed by atoms with van der Waals surface area (Å²) < 4.78 is 0. The molecule has 1 aromatic heterocycles. The van der Waals surface area contributed by atoms with Crippen LogP contribution in [0.5, 0.6) is 0 Å². The number of amides is 2. The molecule has 0 radical (unpaired) electrons. The number of anilines is 1. The van der Waals surface area contributed by atoms with Gasteiger partial charge in [-0.15, -0.1) is 11.3 Å². The molecule has 1 atom stereocenters. The van der Waals surface area contributed by atoms with E-state index >= 15 is 0 Å². The fourth-order valence-corrected chi connectivity index (χ4v) is 6.38. The lowest BCUT2D eigenvalue weighted by atomic mass is 9.90. The lowest BCUT2D eigenvalue weighted by Crippen LogP contribution is -2.48. The fourth-order valence-electron chi connectivity index (χ4n) is 5.14. The molecule has 1 N–H and O–H groups in total. The molecule has 31 heavy (non-hydrogen) atoms. The lowest BCUT2D eigenvalue weighted by molar-refractivity contribution is -0.129. The maximum Gasteiger partial charge on any atom is 0.223 e. The maximum absolute atomic E-state index is 12.8. The van der Waals surface area contributed by atoms with E-state index in [2.05, 4.69) is 22.2 Å². The van der Waals surface area contributed by atoms with E-state index in [0.717, 1.165) is 63.7 Å². The Morgan fingerprint density at radius 3 is 2.58 bits per heavy atom. The highest BCUT2D eigenvalue weighted by Gasteiger charge is 2.29. The Morgan fingerprint density at radius 2 is 1.87 bits per heavy atom. The Bertz CT molecular complexity index is 768. The monoisotopic (exact) mass is 447 g/mol. The van der Waals surface area contributed by atoms with E-state index in [9.17, 15) is 9.59 Å². The molecule has 2 heterocycles. The summed E-state index contributed by atoms with van der Waals surface area (Å²) in [4.78, 5) is 37.1. The number of aromatic nitrogens is 1. The van der Waals surface area contributed by atoms with Gasteiger partial charge in [0.25, 0.3) is 0 Å². The van der Waals surface area contributed by atoms with Gasteiger partial charge in [-0.05, 0) is 39.2 Å². The highest BCUT2D eigenvalue weighted by molar-refractivity contribution is 7.15. The molecule has 2 fully saturated rings. The van der Waals surface area contributed by atoms with Gasteiger partial charge < -0.3 is 20.0 Å². The first kappa shape index (κ1) is 22.5. The van der Waals surface area contributed by atoms with Crippen LogP contribution in [0.1, 0.15) is 56.0 Å². The summed E-state index contributed by atoms with van der Waals surface area (Å²) in [6, 6.07) is 0.691. The SMILES string of the molecule is CC(=O)N1CCN(c2nc3c(s2)C[C@@H](C(=O)NCCN(C)C2CCCCC2)CC3)CC1. The topological polar surface area (TPSA) is 68.8 Å². The van der Waals surface area contributed by atoms with E-state index in [1.807, 2.05) is 4.90 Å². The standard InChI is InChI=1S/C23H37N5O2S/c1-17(29)27-12-14-28(15-13-27)23-25-20-9-8-18(16-21(20)31-23)22(30)24-10-11-26(2)19-6-4-3-5-7-19/h18-19H,3-16H2,1-2H3,(H,24,30)/t18-/m0/s1. The highest BCUT2D eigenvalue weighted by atomic mass is 32.1. The summed E-state index contributed by atoms with van der Waals surface area (Å²) in [6.07, 6.45) is 9.24. The number of rotatable bonds is 6. The first-order valence-electron chi connectivity index (χ1n) is 12.0. The number of carbonyl (C=O) groups is 2. The highest BCUT2D eigenvalue weighted by Crippen LogP contribution is 2.34. The minimum absolute atomic E-state index is 0.0651. The number of likely N-dealkylation sites (N-methyl/N-ethyl adjacent to an activating group) is 1. The first-order chi connectivity index (χ1) is 15.0. The molecule has 1 aromatic rings. The van der Waals surface area contributed by atoms with E-state index in [4.69, 9.17) is 4.98 Å². The van der Waals surface area contributed by atoms with Crippen LogP contribution in [0.15, 0.2) is 0 Å². The van der Waals surface area contributed by atoms with Gasteiger partial charge in [-0.1, -0.05) is 19.3 Å². The zero-order valence-corrected chi connectivity index (χ0v) is 19.9. The third-order valence-corrected chi connectivity index (χ3v) is 8.44. The van der Waals surface area contributed by atoms with Gasteiger partial charge >= 0.3 is 0 Å². The predicted molar refractivity (Wildman–Crippen MR) is 125 cm³/mol. The second-order valence-corrected chi connectivity index (χ2v) is 10.4. The van der Waals surface area contributed by atoms with Crippen LogP contribution in [0.4, 0.5) is 5.13 Å². The van der Waals surface area contributed by atoms with E-state index in [1.54, 1.807) is 18.3 Å².